The molecule has 3 heterocycles. The smallest absolute Gasteiger partial charge is 0.325 e. The highest BCUT2D eigenvalue weighted by Gasteiger charge is 2.20. The fourth-order valence-electron chi connectivity index (χ4n) is 2.93. The van der Waals surface area contributed by atoms with Gasteiger partial charge in [-0.25, -0.2) is 4.79 Å². The average Bonchev–Trinajstić information content (AvgIpc) is 3.19. The van der Waals surface area contributed by atoms with Gasteiger partial charge in [-0.3, -0.25) is 9.47 Å². The van der Waals surface area contributed by atoms with Crippen molar-refractivity contribution in [1.82, 2.24) is 19.4 Å². The maximum Gasteiger partial charge on any atom is 0.325 e. The van der Waals surface area contributed by atoms with Crippen LogP contribution in [0.25, 0.3) is 11.1 Å². The Morgan fingerprint density at radius 3 is 2.70 bits per heavy atom. The minimum atomic E-state index is -0.0462. The van der Waals surface area contributed by atoms with Gasteiger partial charge in [0.1, 0.15) is 5.52 Å². The van der Waals surface area contributed by atoms with E-state index in [1.54, 1.807) is 17.0 Å². The Kier molecular flexibility index (Phi) is 3.63. The van der Waals surface area contributed by atoms with Crippen LogP contribution >= 0.6 is 0 Å². The van der Waals surface area contributed by atoms with E-state index in [1.807, 2.05) is 24.3 Å². The van der Waals surface area contributed by atoms with E-state index in [1.165, 1.54) is 0 Å². The van der Waals surface area contributed by atoms with Crippen LogP contribution in [0.15, 0.2) is 45.9 Å². The third-order valence-corrected chi connectivity index (χ3v) is 4.30. The Bertz CT molecular complexity index is 808. The number of para-hydroxylation sites is 2. The second-order valence-electron chi connectivity index (χ2n) is 5.75. The maximum absolute atomic E-state index is 11.5. The molecule has 1 fully saturated rings. The van der Waals surface area contributed by atoms with E-state index in [0.717, 1.165) is 43.8 Å². The highest BCUT2D eigenvalue weighted by molar-refractivity contribution is 5.74. The summed E-state index contributed by atoms with van der Waals surface area (Å²) in [5.41, 5.74) is 1.68. The fraction of sp³-hybridized carbons (Fsp3) is 0.375. The first-order valence-corrected chi connectivity index (χ1v) is 7.86. The molecule has 7 heteroatoms. The number of rotatable bonds is 4. The second kappa shape index (κ2) is 5.92. The van der Waals surface area contributed by atoms with Crippen molar-refractivity contribution < 1.29 is 4.42 Å². The van der Waals surface area contributed by atoms with Crippen molar-refractivity contribution in [2.45, 2.75) is 6.54 Å². The van der Waals surface area contributed by atoms with Crippen LogP contribution in [0, 0.1) is 0 Å². The summed E-state index contributed by atoms with van der Waals surface area (Å²) in [6, 6.07) is 8.53. The molecule has 1 aliphatic rings. The number of aromatic nitrogens is 3. The lowest BCUT2D eigenvalue weighted by Crippen LogP contribution is -2.47. The van der Waals surface area contributed by atoms with Gasteiger partial charge >= 0.3 is 5.69 Å². The summed E-state index contributed by atoms with van der Waals surface area (Å²) < 4.78 is 7.53. The zero-order chi connectivity index (χ0) is 15.6. The number of aromatic amines is 1. The van der Waals surface area contributed by atoms with E-state index < -0.39 is 0 Å². The Morgan fingerprint density at radius 2 is 1.96 bits per heavy atom. The van der Waals surface area contributed by atoms with Gasteiger partial charge in [0, 0.05) is 51.7 Å². The van der Waals surface area contributed by atoms with Crippen molar-refractivity contribution in [3.8, 4) is 0 Å². The molecule has 2 aromatic heterocycles. The molecule has 0 unspecified atom stereocenters. The quantitative estimate of drug-likeness (QED) is 0.782. The molecule has 1 aliphatic heterocycles. The van der Waals surface area contributed by atoms with E-state index >= 15 is 0 Å². The van der Waals surface area contributed by atoms with Crippen LogP contribution < -0.4 is 10.6 Å². The number of imidazole rings is 1. The first-order valence-electron chi connectivity index (χ1n) is 7.86. The molecule has 120 valence electrons. The lowest BCUT2D eigenvalue weighted by Gasteiger charge is -2.33. The number of fused-ring (bicyclic) bond motifs is 1. The van der Waals surface area contributed by atoms with Gasteiger partial charge in [0.15, 0.2) is 5.58 Å². The minimum absolute atomic E-state index is 0.0462. The summed E-state index contributed by atoms with van der Waals surface area (Å²) in [7, 11) is 0. The van der Waals surface area contributed by atoms with Crippen LogP contribution in [0.5, 0.6) is 0 Å². The zero-order valence-electron chi connectivity index (χ0n) is 12.8. The number of H-pyrrole nitrogens is 1. The van der Waals surface area contributed by atoms with Gasteiger partial charge in [-0.05, 0) is 12.1 Å². The first-order chi connectivity index (χ1) is 11.3. The van der Waals surface area contributed by atoms with Crippen LogP contribution in [0.3, 0.4) is 0 Å². The summed E-state index contributed by atoms with van der Waals surface area (Å²) in [6.07, 6.45) is 3.46. The average molecular weight is 313 g/mol. The van der Waals surface area contributed by atoms with Crippen LogP contribution in [0.4, 0.5) is 6.01 Å². The molecule has 0 aliphatic carbocycles. The largest absolute Gasteiger partial charge is 0.423 e. The van der Waals surface area contributed by atoms with Gasteiger partial charge < -0.3 is 14.3 Å². The molecular formula is C16H19N5O2. The molecule has 0 spiro atoms. The first kappa shape index (κ1) is 14.1. The highest BCUT2D eigenvalue weighted by atomic mass is 16.4. The van der Waals surface area contributed by atoms with Gasteiger partial charge in [0.05, 0.1) is 0 Å². The number of nitrogens with one attached hydrogen (secondary N) is 1. The number of hydrogen-bond donors (Lipinski definition) is 1. The summed E-state index contributed by atoms with van der Waals surface area (Å²) in [5.74, 6) is 0. The van der Waals surface area contributed by atoms with Crippen LogP contribution in [-0.4, -0.2) is 52.2 Å². The third-order valence-electron chi connectivity index (χ3n) is 4.30. The van der Waals surface area contributed by atoms with Crippen LogP contribution in [0.2, 0.25) is 0 Å². The van der Waals surface area contributed by atoms with Gasteiger partial charge in [-0.2, -0.15) is 4.98 Å². The second-order valence-corrected chi connectivity index (χ2v) is 5.75. The van der Waals surface area contributed by atoms with Gasteiger partial charge in [0.25, 0.3) is 6.01 Å². The number of hydrogen-bond acceptors (Lipinski definition) is 5. The van der Waals surface area contributed by atoms with Crippen molar-refractivity contribution in [2.24, 2.45) is 0 Å². The number of oxazole rings is 1. The lowest BCUT2D eigenvalue weighted by molar-refractivity contribution is 0.243. The molecule has 3 aromatic rings. The summed E-state index contributed by atoms with van der Waals surface area (Å²) in [6.45, 7) is 5.24. The monoisotopic (exact) mass is 313 g/mol. The van der Waals surface area contributed by atoms with Crippen molar-refractivity contribution in [3.05, 3.63) is 47.1 Å². The molecule has 1 aromatic carbocycles. The van der Waals surface area contributed by atoms with Crippen molar-refractivity contribution >= 4 is 17.1 Å². The van der Waals surface area contributed by atoms with E-state index in [9.17, 15) is 4.79 Å². The molecule has 7 nitrogen and oxygen atoms in total. The molecule has 4 rings (SSSR count). The van der Waals surface area contributed by atoms with E-state index in [2.05, 4.69) is 19.8 Å². The molecular weight excluding hydrogens is 294 g/mol. The molecule has 0 atom stereocenters. The molecule has 1 N–H and O–H groups in total. The van der Waals surface area contributed by atoms with Gasteiger partial charge in [0.2, 0.25) is 0 Å². The summed E-state index contributed by atoms with van der Waals surface area (Å²) in [4.78, 5) is 23.2. The predicted molar refractivity (Wildman–Crippen MR) is 87.7 cm³/mol. The normalized spacial score (nSPS) is 16.3. The zero-order valence-corrected chi connectivity index (χ0v) is 12.8. The molecule has 1 saturated heterocycles. The Labute approximate surface area is 133 Å². The Balaban J connectivity index is 1.35. The number of nitrogens with zero attached hydrogens (tertiary/aromatic N) is 4. The summed E-state index contributed by atoms with van der Waals surface area (Å²) in [5, 5.41) is 0. The van der Waals surface area contributed by atoms with E-state index in [-0.39, 0.29) is 5.69 Å². The Morgan fingerprint density at radius 1 is 1.13 bits per heavy atom. The van der Waals surface area contributed by atoms with E-state index in [4.69, 9.17) is 4.42 Å². The third kappa shape index (κ3) is 2.87. The van der Waals surface area contributed by atoms with Gasteiger partial charge in [-0.15, -0.1) is 0 Å². The number of anilines is 1. The van der Waals surface area contributed by atoms with Crippen LogP contribution in [-0.2, 0) is 6.54 Å². The lowest BCUT2D eigenvalue weighted by atomic mass is 10.3. The fourth-order valence-corrected chi connectivity index (χ4v) is 2.93. The molecule has 0 saturated carbocycles. The van der Waals surface area contributed by atoms with Crippen molar-refractivity contribution in [1.29, 1.82) is 0 Å². The molecule has 0 radical (unpaired) electrons. The Hall–Kier alpha value is -2.54. The maximum atomic E-state index is 11.5. The topological polar surface area (TPSA) is 70.3 Å². The number of piperazine rings is 1. The molecule has 23 heavy (non-hydrogen) atoms. The summed E-state index contributed by atoms with van der Waals surface area (Å²) >= 11 is 0. The van der Waals surface area contributed by atoms with Crippen LogP contribution in [0.1, 0.15) is 0 Å². The van der Waals surface area contributed by atoms with Crippen molar-refractivity contribution in [2.75, 3.05) is 37.6 Å². The molecule has 0 amide bonds. The minimum Gasteiger partial charge on any atom is -0.423 e. The predicted octanol–water partition coefficient (Wildman–Crippen LogP) is 1.14. The number of benzene rings is 1. The molecule has 0 bridgehead atoms. The van der Waals surface area contributed by atoms with E-state index in [0.29, 0.717) is 12.6 Å². The standard InChI is InChI=1S/C16H19N5O2/c22-15-17-5-6-20(15)10-7-19-8-11-21(12-9-19)16-18-13-3-1-2-4-14(13)23-16/h1-6H,7-12H2,(H,17,22). The highest BCUT2D eigenvalue weighted by Crippen LogP contribution is 2.22. The van der Waals surface area contributed by atoms with Crippen molar-refractivity contribution in [3.63, 3.8) is 0 Å². The van der Waals surface area contributed by atoms with Gasteiger partial charge in [-0.1, -0.05) is 12.1 Å². The SMILES string of the molecule is O=c1[nH]ccn1CCN1CCN(c2nc3ccccc3o2)CC1.